The summed E-state index contributed by atoms with van der Waals surface area (Å²) in [6, 6.07) is 14.6. The molecule has 1 N–H and O–H groups in total. The Bertz CT molecular complexity index is 630. The predicted octanol–water partition coefficient (Wildman–Crippen LogP) is 4.07. The molecule has 3 rings (SSSR count). The van der Waals surface area contributed by atoms with Crippen LogP contribution in [0.2, 0.25) is 0 Å². The molecule has 110 valence electrons. The van der Waals surface area contributed by atoms with E-state index < -0.39 is 0 Å². The highest BCUT2D eigenvalue weighted by molar-refractivity contribution is 9.10. The van der Waals surface area contributed by atoms with E-state index in [0.29, 0.717) is 13.2 Å². The molecule has 1 atom stereocenters. The number of halogens is 1. The monoisotopic (exact) mass is 347 g/mol. The van der Waals surface area contributed by atoms with Gasteiger partial charge in [-0.05, 0) is 36.2 Å². The summed E-state index contributed by atoms with van der Waals surface area (Å²) in [4.78, 5) is 0. The van der Waals surface area contributed by atoms with Gasteiger partial charge in [-0.2, -0.15) is 0 Å². The van der Waals surface area contributed by atoms with Crippen molar-refractivity contribution in [1.82, 2.24) is 5.32 Å². The van der Waals surface area contributed by atoms with E-state index >= 15 is 0 Å². The molecule has 2 aromatic rings. The summed E-state index contributed by atoms with van der Waals surface area (Å²) in [5, 5.41) is 3.54. The molecular formula is C17H18BrNO2. The fourth-order valence-corrected chi connectivity index (χ4v) is 2.78. The van der Waals surface area contributed by atoms with Gasteiger partial charge in [-0.3, -0.25) is 0 Å². The van der Waals surface area contributed by atoms with Crippen LogP contribution in [0.25, 0.3) is 0 Å². The number of ether oxygens (including phenoxy) is 2. The van der Waals surface area contributed by atoms with E-state index in [-0.39, 0.29) is 6.04 Å². The van der Waals surface area contributed by atoms with Crippen molar-refractivity contribution in [2.75, 3.05) is 13.2 Å². The first-order chi connectivity index (χ1) is 10.2. The number of fused-ring (bicyclic) bond motifs is 1. The Kier molecular flexibility index (Phi) is 4.46. The van der Waals surface area contributed by atoms with E-state index in [2.05, 4.69) is 58.5 Å². The SMILES string of the molecule is CC(NCc1ccccc1Br)c1ccc2c(c1)OCCO2. The first-order valence-electron chi connectivity index (χ1n) is 7.10. The standard InChI is InChI=1S/C17H18BrNO2/c1-12(19-11-14-4-2-3-5-15(14)18)13-6-7-16-17(10-13)21-9-8-20-16/h2-7,10,12,19H,8-9,11H2,1H3. The van der Waals surface area contributed by atoms with Crippen LogP contribution in [0, 0.1) is 0 Å². The molecule has 0 aromatic heterocycles. The largest absolute Gasteiger partial charge is 0.486 e. The van der Waals surface area contributed by atoms with Gasteiger partial charge < -0.3 is 14.8 Å². The Balaban J connectivity index is 1.68. The molecule has 0 radical (unpaired) electrons. The van der Waals surface area contributed by atoms with Gasteiger partial charge in [-0.25, -0.2) is 0 Å². The van der Waals surface area contributed by atoms with Crippen LogP contribution in [0.1, 0.15) is 24.1 Å². The molecule has 1 aliphatic heterocycles. The fraction of sp³-hybridized carbons (Fsp3) is 0.294. The van der Waals surface area contributed by atoms with Gasteiger partial charge in [0.05, 0.1) is 0 Å². The summed E-state index contributed by atoms with van der Waals surface area (Å²) in [5.74, 6) is 1.68. The van der Waals surface area contributed by atoms with Gasteiger partial charge in [-0.1, -0.05) is 40.2 Å². The zero-order valence-corrected chi connectivity index (χ0v) is 13.5. The van der Waals surface area contributed by atoms with Crippen LogP contribution in [-0.4, -0.2) is 13.2 Å². The normalized spacial score (nSPS) is 14.8. The van der Waals surface area contributed by atoms with Gasteiger partial charge in [0.2, 0.25) is 0 Å². The molecule has 0 fully saturated rings. The maximum absolute atomic E-state index is 5.64. The van der Waals surface area contributed by atoms with E-state index in [4.69, 9.17) is 9.47 Å². The molecule has 0 amide bonds. The van der Waals surface area contributed by atoms with Crippen LogP contribution in [0.4, 0.5) is 0 Å². The molecule has 1 heterocycles. The minimum absolute atomic E-state index is 0.243. The Morgan fingerprint density at radius 3 is 2.67 bits per heavy atom. The third-order valence-corrected chi connectivity index (χ3v) is 4.40. The van der Waals surface area contributed by atoms with Crippen LogP contribution < -0.4 is 14.8 Å². The van der Waals surface area contributed by atoms with E-state index in [1.807, 2.05) is 12.1 Å². The average molecular weight is 348 g/mol. The molecule has 1 unspecified atom stereocenters. The molecule has 1 aliphatic rings. The van der Waals surface area contributed by atoms with Gasteiger partial charge in [-0.15, -0.1) is 0 Å². The van der Waals surface area contributed by atoms with Gasteiger partial charge in [0.15, 0.2) is 11.5 Å². The molecule has 0 aliphatic carbocycles. The molecule has 0 saturated heterocycles. The van der Waals surface area contributed by atoms with E-state index in [0.717, 1.165) is 22.5 Å². The third-order valence-electron chi connectivity index (χ3n) is 3.62. The topological polar surface area (TPSA) is 30.5 Å². The first-order valence-corrected chi connectivity index (χ1v) is 7.89. The second kappa shape index (κ2) is 6.50. The summed E-state index contributed by atoms with van der Waals surface area (Å²) in [7, 11) is 0. The fourth-order valence-electron chi connectivity index (χ4n) is 2.35. The highest BCUT2D eigenvalue weighted by Gasteiger charge is 2.14. The van der Waals surface area contributed by atoms with Gasteiger partial charge in [0.1, 0.15) is 13.2 Å². The van der Waals surface area contributed by atoms with Crippen molar-refractivity contribution < 1.29 is 9.47 Å². The number of benzene rings is 2. The molecule has 0 spiro atoms. The molecule has 0 bridgehead atoms. The zero-order chi connectivity index (χ0) is 14.7. The molecule has 3 nitrogen and oxygen atoms in total. The molecule has 4 heteroatoms. The second-order valence-corrected chi connectivity index (χ2v) is 5.95. The quantitative estimate of drug-likeness (QED) is 0.904. The van der Waals surface area contributed by atoms with E-state index in [9.17, 15) is 0 Å². The maximum atomic E-state index is 5.64. The molecule has 21 heavy (non-hydrogen) atoms. The minimum atomic E-state index is 0.243. The average Bonchev–Trinajstić information content (AvgIpc) is 2.53. The highest BCUT2D eigenvalue weighted by Crippen LogP contribution is 2.32. The van der Waals surface area contributed by atoms with E-state index in [1.54, 1.807) is 0 Å². The Morgan fingerprint density at radius 2 is 1.86 bits per heavy atom. The number of hydrogen-bond donors (Lipinski definition) is 1. The molecular weight excluding hydrogens is 330 g/mol. The molecule has 2 aromatic carbocycles. The lowest BCUT2D eigenvalue weighted by atomic mass is 10.1. The van der Waals surface area contributed by atoms with Crippen molar-refractivity contribution in [3.63, 3.8) is 0 Å². The third kappa shape index (κ3) is 3.39. The second-order valence-electron chi connectivity index (χ2n) is 5.10. The smallest absolute Gasteiger partial charge is 0.161 e. The predicted molar refractivity (Wildman–Crippen MR) is 86.8 cm³/mol. The van der Waals surface area contributed by atoms with Gasteiger partial charge >= 0.3 is 0 Å². The Hall–Kier alpha value is -1.52. The highest BCUT2D eigenvalue weighted by atomic mass is 79.9. The minimum Gasteiger partial charge on any atom is -0.486 e. The van der Waals surface area contributed by atoms with Crippen molar-refractivity contribution in [2.24, 2.45) is 0 Å². The lowest BCUT2D eigenvalue weighted by Gasteiger charge is -2.21. The lowest BCUT2D eigenvalue weighted by molar-refractivity contribution is 0.171. The summed E-state index contributed by atoms with van der Waals surface area (Å²) in [6.07, 6.45) is 0. The van der Waals surface area contributed by atoms with Crippen molar-refractivity contribution in [1.29, 1.82) is 0 Å². The van der Waals surface area contributed by atoms with Crippen LogP contribution in [0.15, 0.2) is 46.9 Å². The summed E-state index contributed by atoms with van der Waals surface area (Å²) < 4.78 is 12.3. The van der Waals surface area contributed by atoms with Crippen LogP contribution in [0.3, 0.4) is 0 Å². The Morgan fingerprint density at radius 1 is 1.10 bits per heavy atom. The summed E-state index contributed by atoms with van der Waals surface area (Å²) >= 11 is 3.58. The number of hydrogen-bond acceptors (Lipinski definition) is 3. The van der Waals surface area contributed by atoms with Crippen LogP contribution in [-0.2, 0) is 6.54 Å². The van der Waals surface area contributed by atoms with Crippen molar-refractivity contribution in [2.45, 2.75) is 19.5 Å². The van der Waals surface area contributed by atoms with Crippen molar-refractivity contribution in [3.8, 4) is 11.5 Å². The van der Waals surface area contributed by atoms with Crippen molar-refractivity contribution >= 4 is 15.9 Å². The maximum Gasteiger partial charge on any atom is 0.161 e. The number of nitrogens with one attached hydrogen (secondary N) is 1. The lowest BCUT2D eigenvalue weighted by Crippen LogP contribution is -2.19. The zero-order valence-electron chi connectivity index (χ0n) is 11.9. The van der Waals surface area contributed by atoms with Crippen LogP contribution in [0.5, 0.6) is 11.5 Å². The summed E-state index contributed by atoms with van der Waals surface area (Å²) in [5.41, 5.74) is 2.45. The molecule has 0 saturated carbocycles. The number of rotatable bonds is 4. The summed E-state index contributed by atoms with van der Waals surface area (Å²) in [6.45, 7) is 4.22. The van der Waals surface area contributed by atoms with Crippen molar-refractivity contribution in [3.05, 3.63) is 58.1 Å². The Labute approximate surface area is 133 Å². The van der Waals surface area contributed by atoms with E-state index in [1.165, 1.54) is 11.1 Å². The van der Waals surface area contributed by atoms with Crippen LogP contribution >= 0.6 is 15.9 Å². The first kappa shape index (κ1) is 14.4. The van der Waals surface area contributed by atoms with Gasteiger partial charge in [0.25, 0.3) is 0 Å². The van der Waals surface area contributed by atoms with Gasteiger partial charge in [0, 0.05) is 17.1 Å².